The minimum atomic E-state index is -1.93. The van der Waals surface area contributed by atoms with Crippen molar-refractivity contribution in [1.82, 2.24) is 10.6 Å². The number of nitrogens with one attached hydrogen (secondary N) is 2. The fourth-order valence-electron chi connectivity index (χ4n) is 4.48. The summed E-state index contributed by atoms with van der Waals surface area (Å²) in [6.07, 6.45) is -6.02. The minimum absolute atomic E-state index is 0.252. The van der Waals surface area contributed by atoms with Gasteiger partial charge in [0.25, 0.3) is 5.91 Å². The van der Waals surface area contributed by atoms with E-state index in [1.807, 2.05) is 12.1 Å². The summed E-state index contributed by atoms with van der Waals surface area (Å²) in [7, 11) is 0. The maximum Gasteiger partial charge on any atom is 0.407 e. The molecule has 0 spiro atoms. The zero-order valence-corrected chi connectivity index (χ0v) is 26.4. The van der Waals surface area contributed by atoms with Crippen LogP contribution in [0.1, 0.15) is 43.6 Å². The highest BCUT2D eigenvalue weighted by Gasteiger charge is 2.53. The van der Waals surface area contributed by atoms with Gasteiger partial charge in [0.05, 0.1) is 33.0 Å². The van der Waals surface area contributed by atoms with Crippen LogP contribution in [0.25, 0.3) is 11.1 Å². The molecule has 250 valence electrons. The fraction of sp³-hybridized carbons (Fsp3) is 0.562. The summed E-state index contributed by atoms with van der Waals surface area (Å²) in [6.45, 7) is 9.84. The number of ether oxygens (including phenoxy) is 5. The first kappa shape index (κ1) is 36.2. The molecular weight excluding hydrogens is 588 g/mol. The Morgan fingerprint density at radius 1 is 0.956 bits per heavy atom. The smallest absolute Gasteiger partial charge is 0.407 e. The van der Waals surface area contributed by atoms with Crippen LogP contribution in [-0.4, -0.2) is 114 Å². The van der Waals surface area contributed by atoms with Crippen LogP contribution in [0.15, 0.2) is 42.5 Å². The predicted octanol–water partition coefficient (Wildman–Crippen LogP) is 1.52. The Bertz CT molecular complexity index is 1260. The highest BCUT2D eigenvalue weighted by atomic mass is 16.7. The second kappa shape index (κ2) is 16.3. The minimum Gasteiger partial charge on any atom is -0.461 e. The molecule has 13 nitrogen and oxygen atoms in total. The van der Waals surface area contributed by atoms with Crippen LogP contribution < -0.4 is 15.4 Å². The van der Waals surface area contributed by atoms with Crippen molar-refractivity contribution in [2.45, 2.75) is 70.4 Å². The van der Waals surface area contributed by atoms with E-state index in [-0.39, 0.29) is 5.91 Å². The third kappa shape index (κ3) is 10.6. The number of rotatable bonds is 14. The Balaban J connectivity index is 1.43. The second-order valence-corrected chi connectivity index (χ2v) is 11.9. The van der Waals surface area contributed by atoms with E-state index >= 15 is 0 Å². The summed E-state index contributed by atoms with van der Waals surface area (Å²) in [5, 5.41) is 46.1. The first-order valence-electron chi connectivity index (χ1n) is 14.9. The average Bonchev–Trinajstić information content (AvgIpc) is 2.98. The second-order valence-electron chi connectivity index (χ2n) is 11.9. The molecule has 0 aromatic heterocycles. The van der Waals surface area contributed by atoms with Gasteiger partial charge in [0.15, 0.2) is 5.60 Å². The Kier molecular flexibility index (Phi) is 13.1. The summed E-state index contributed by atoms with van der Waals surface area (Å²) in [5.74, 6) is 0.124. The number of alkyl carbamates (subject to hydrolysis) is 1. The molecular formula is C32H46N2O11. The van der Waals surface area contributed by atoms with E-state index < -0.39 is 48.5 Å². The standard InChI is InChI=1S/C32H46N2O11/c1-20-17-22(9-10-24(20)43-29-32(5,40)27(37)26(36)25(19-35)44-29)21-7-6-8-23(18-21)28(38)33-11-13-41-15-16-42-14-12-34-30(39)45-31(2,3)4/h6-10,17-18,25-27,29,35-37,40H,11-16,19H2,1-5H3,(H,33,38)(H,34,39)/t25-,26-,27+,29+,32+/m1/s1. The van der Waals surface area contributed by atoms with Crippen LogP contribution in [0.5, 0.6) is 5.75 Å². The highest BCUT2D eigenvalue weighted by Crippen LogP contribution is 2.34. The lowest BCUT2D eigenvalue weighted by atomic mass is 9.88. The van der Waals surface area contributed by atoms with Crippen molar-refractivity contribution in [3.8, 4) is 16.9 Å². The van der Waals surface area contributed by atoms with E-state index in [0.717, 1.165) is 11.1 Å². The molecule has 1 fully saturated rings. The van der Waals surface area contributed by atoms with Crippen LogP contribution in [0.3, 0.4) is 0 Å². The first-order valence-corrected chi connectivity index (χ1v) is 14.9. The lowest BCUT2D eigenvalue weighted by molar-refractivity contribution is -0.314. The Labute approximate surface area is 263 Å². The van der Waals surface area contributed by atoms with Gasteiger partial charge in [-0.1, -0.05) is 18.2 Å². The Hall–Kier alpha value is -3.30. The summed E-state index contributed by atoms with van der Waals surface area (Å²) in [6, 6.07) is 12.5. The molecule has 1 heterocycles. The number of hydrogen-bond donors (Lipinski definition) is 6. The van der Waals surface area contributed by atoms with Gasteiger partial charge < -0.3 is 54.7 Å². The normalized spacial score (nSPS) is 23.3. The average molecular weight is 635 g/mol. The number of aliphatic hydroxyl groups is 4. The summed E-state index contributed by atoms with van der Waals surface area (Å²) in [5.41, 5.74) is 0.302. The molecule has 0 unspecified atom stereocenters. The number of carbonyl (C=O) groups excluding carboxylic acids is 2. The van der Waals surface area contributed by atoms with Crippen LogP contribution in [0.4, 0.5) is 4.79 Å². The van der Waals surface area contributed by atoms with Gasteiger partial charge in [-0.05, 0) is 75.6 Å². The van der Waals surface area contributed by atoms with E-state index in [9.17, 15) is 30.0 Å². The third-order valence-corrected chi connectivity index (χ3v) is 6.94. The van der Waals surface area contributed by atoms with Gasteiger partial charge in [-0.2, -0.15) is 0 Å². The van der Waals surface area contributed by atoms with E-state index in [1.165, 1.54) is 6.92 Å². The Morgan fingerprint density at radius 2 is 1.60 bits per heavy atom. The van der Waals surface area contributed by atoms with Gasteiger partial charge in [-0.3, -0.25) is 4.79 Å². The molecule has 1 aliphatic rings. The predicted molar refractivity (Wildman–Crippen MR) is 164 cm³/mol. The van der Waals surface area contributed by atoms with Gasteiger partial charge >= 0.3 is 6.09 Å². The van der Waals surface area contributed by atoms with Crippen molar-refractivity contribution >= 4 is 12.0 Å². The largest absolute Gasteiger partial charge is 0.461 e. The van der Waals surface area contributed by atoms with Crippen molar-refractivity contribution < 1.29 is 53.7 Å². The van der Waals surface area contributed by atoms with Crippen LogP contribution in [0.2, 0.25) is 0 Å². The number of benzene rings is 2. The van der Waals surface area contributed by atoms with Gasteiger partial charge in [-0.25, -0.2) is 4.79 Å². The van der Waals surface area contributed by atoms with E-state index in [4.69, 9.17) is 23.7 Å². The molecule has 1 aliphatic heterocycles. The Morgan fingerprint density at radius 3 is 2.22 bits per heavy atom. The quantitative estimate of drug-likeness (QED) is 0.166. The zero-order chi connectivity index (χ0) is 33.2. The number of carbonyl (C=O) groups is 2. The zero-order valence-electron chi connectivity index (χ0n) is 26.4. The van der Waals surface area contributed by atoms with Gasteiger partial charge in [0.1, 0.15) is 29.7 Å². The molecule has 6 N–H and O–H groups in total. The highest BCUT2D eigenvalue weighted by molar-refractivity contribution is 5.95. The third-order valence-electron chi connectivity index (χ3n) is 6.94. The summed E-state index contributed by atoms with van der Waals surface area (Å²) < 4.78 is 27.4. The van der Waals surface area contributed by atoms with Crippen LogP contribution >= 0.6 is 0 Å². The molecule has 1 saturated heterocycles. The van der Waals surface area contributed by atoms with Gasteiger partial charge in [-0.15, -0.1) is 0 Å². The van der Waals surface area contributed by atoms with Crippen molar-refractivity contribution in [3.05, 3.63) is 53.6 Å². The lowest BCUT2D eigenvalue weighted by Crippen LogP contribution is -2.66. The van der Waals surface area contributed by atoms with Crippen molar-refractivity contribution in [1.29, 1.82) is 0 Å². The number of aryl methyl sites for hydroxylation is 1. The maximum atomic E-state index is 12.7. The van der Waals surface area contributed by atoms with E-state index in [2.05, 4.69) is 10.6 Å². The molecule has 3 rings (SSSR count). The first-order chi connectivity index (χ1) is 21.2. The molecule has 2 aromatic rings. The molecule has 0 aliphatic carbocycles. The summed E-state index contributed by atoms with van der Waals surface area (Å²) >= 11 is 0. The topological polar surface area (TPSA) is 185 Å². The number of aliphatic hydroxyl groups excluding tert-OH is 3. The van der Waals surface area contributed by atoms with Crippen molar-refractivity contribution in [2.75, 3.05) is 46.1 Å². The SMILES string of the molecule is Cc1cc(-c2cccc(C(=O)NCCOCCOCCNC(=O)OC(C)(C)C)c2)ccc1O[C@H]1O[C@H](CO)[C@@H](O)[C@H](O)[C@]1(C)O. The molecule has 13 heteroatoms. The van der Waals surface area contributed by atoms with Gasteiger partial charge in [0, 0.05) is 18.7 Å². The van der Waals surface area contributed by atoms with E-state index in [0.29, 0.717) is 56.4 Å². The van der Waals surface area contributed by atoms with Crippen LogP contribution in [0, 0.1) is 6.92 Å². The molecule has 0 saturated carbocycles. The van der Waals surface area contributed by atoms with Crippen molar-refractivity contribution in [2.24, 2.45) is 0 Å². The monoisotopic (exact) mass is 634 g/mol. The van der Waals surface area contributed by atoms with Crippen LogP contribution in [-0.2, 0) is 18.9 Å². The number of hydrogen-bond acceptors (Lipinski definition) is 11. The molecule has 0 radical (unpaired) electrons. The van der Waals surface area contributed by atoms with E-state index in [1.54, 1.807) is 58.0 Å². The molecule has 45 heavy (non-hydrogen) atoms. The fourth-order valence-corrected chi connectivity index (χ4v) is 4.48. The molecule has 5 atom stereocenters. The number of amides is 2. The molecule has 0 bridgehead atoms. The molecule has 2 amide bonds. The molecule has 2 aromatic carbocycles. The van der Waals surface area contributed by atoms with Crippen molar-refractivity contribution in [3.63, 3.8) is 0 Å². The van der Waals surface area contributed by atoms with Gasteiger partial charge in [0.2, 0.25) is 6.29 Å². The lowest BCUT2D eigenvalue weighted by Gasteiger charge is -2.45. The summed E-state index contributed by atoms with van der Waals surface area (Å²) in [4.78, 5) is 24.3. The maximum absolute atomic E-state index is 12.7.